The number of nitrogens with zero attached hydrogens (tertiary/aromatic N) is 4. The number of hydrogen-bond acceptors (Lipinski definition) is 6. The number of rotatable bonds is 5. The molecule has 0 saturated heterocycles. The van der Waals surface area contributed by atoms with Gasteiger partial charge in [0.25, 0.3) is 5.69 Å². The number of benzene rings is 1. The summed E-state index contributed by atoms with van der Waals surface area (Å²) in [6, 6.07) is 10.3. The highest BCUT2D eigenvalue weighted by molar-refractivity contribution is 5.65. The van der Waals surface area contributed by atoms with E-state index >= 15 is 0 Å². The highest BCUT2D eigenvalue weighted by Gasteiger charge is 2.11. The van der Waals surface area contributed by atoms with Crippen LogP contribution in [0.5, 0.6) is 0 Å². The molecule has 0 aliphatic carbocycles. The number of nitro groups is 1. The van der Waals surface area contributed by atoms with E-state index in [2.05, 4.69) is 20.3 Å². The van der Waals surface area contributed by atoms with Gasteiger partial charge in [0.2, 0.25) is 5.95 Å². The van der Waals surface area contributed by atoms with Crippen LogP contribution >= 0.6 is 0 Å². The quantitative estimate of drug-likeness (QED) is 0.568. The van der Waals surface area contributed by atoms with Crippen LogP contribution in [0.15, 0.2) is 55.0 Å². The number of nitro benzene ring substituents is 1. The first-order chi connectivity index (χ1) is 11.7. The summed E-state index contributed by atoms with van der Waals surface area (Å²) in [5, 5.41) is 14.1. The summed E-state index contributed by atoms with van der Waals surface area (Å²) in [5.41, 5.74) is 3.21. The van der Waals surface area contributed by atoms with Crippen molar-refractivity contribution in [3.63, 3.8) is 0 Å². The van der Waals surface area contributed by atoms with Crippen molar-refractivity contribution in [1.29, 1.82) is 0 Å². The molecule has 0 radical (unpaired) electrons. The Morgan fingerprint density at radius 3 is 2.79 bits per heavy atom. The van der Waals surface area contributed by atoms with Gasteiger partial charge >= 0.3 is 0 Å². The van der Waals surface area contributed by atoms with Gasteiger partial charge in [0.15, 0.2) is 0 Å². The predicted octanol–water partition coefficient (Wildman–Crippen LogP) is 3.75. The Kier molecular flexibility index (Phi) is 4.42. The average Bonchev–Trinajstić information content (AvgIpc) is 2.62. The molecule has 7 nitrogen and oxygen atoms in total. The zero-order valence-electron chi connectivity index (χ0n) is 13.0. The molecule has 0 fully saturated rings. The lowest BCUT2D eigenvalue weighted by Gasteiger charge is -2.10. The van der Waals surface area contributed by atoms with Gasteiger partial charge in [-0.3, -0.25) is 15.1 Å². The van der Waals surface area contributed by atoms with Gasteiger partial charge in [-0.25, -0.2) is 9.97 Å². The molecule has 0 amide bonds. The number of aryl methyl sites for hydroxylation is 1. The second kappa shape index (κ2) is 6.82. The van der Waals surface area contributed by atoms with Crippen molar-refractivity contribution < 1.29 is 4.92 Å². The zero-order chi connectivity index (χ0) is 16.9. The SMILES string of the molecule is CCc1ccc([N+](=O)[O-])cc1Nc1nccc(-c2cccnc2)n1. The van der Waals surface area contributed by atoms with E-state index in [1.54, 1.807) is 30.7 Å². The molecular formula is C17H15N5O2. The Bertz CT molecular complexity index is 868. The monoisotopic (exact) mass is 321 g/mol. The van der Waals surface area contributed by atoms with E-state index in [1.165, 1.54) is 12.1 Å². The highest BCUT2D eigenvalue weighted by Crippen LogP contribution is 2.26. The molecule has 0 unspecified atom stereocenters. The number of non-ortho nitro benzene ring substituents is 1. The Morgan fingerprint density at radius 2 is 2.08 bits per heavy atom. The summed E-state index contributed by atoms with van der Waals surface area (Å²) in [6.45, 7) is 1.99. The van der Waals surface area contributed by atoms with Crippen molar-refractivity contribution in [2.45, 2.75) is 13.3 Å². The van der Waals surface area contributed by atoms with E-state index in [1.807, 2.05) is 19.1 Å². The average molecular weight is 321 g/mol. The molecule has 0 atom stereocenters. The zero-order valence-corrected chi connectivity index (χ0v) is 13.0. The summed E-state index contributed by atoms with van der Waals surface area (Å²) in [6.07, 6.45) is 5.79. The van der Waals surface area contributed by atoms with E-state index in [-0.39, 0.29) is 5.69 Å². The number of anilines is 2. The number of aromatic nitrogens is 3. The van der Waals surface area contributed by atoms with Gasteiger partial charge in [-0.15, -0.1) is 0 Å². The third-order valence-corrected chi connectivity index (χ3v) is 3.54. The van der Waals surface area contributed by atoms with Gasteiger partial charge in [0.05, 0.1) is 16.3 Å². The fourth-order valence-corrected chi connectivity index (χ4v) is 2.32. The first-order valence-corrected chi connectivity index (χ1v) is 7.45. The third-order valence-electron chi connectivity index (χ3n) is 3.54. The van der Waals surface area contributed by atoms with Gasteiger partial charge in [0, 0.05) is 36.3 Å². The molecule has 0 bridgehead atoms. The van der Waals surface area contributed by atoms with Crippen LogP contribution in [0.2, 0.25) is 0 Å². The van der Waals surface area contributed by atoms with Gasteiger partial charge < -0.3 is 5.32 Å². The van der Waals surface area contributed by atoms with E-state index in [0.717, 1.165) is 23.2 Å². The predicted molar refractivity (Wildman–Crippen MR) is 91.0 cm³/mol. The summed E-state index contributed by atoms with van der Waals surface area (Å²) in [4.78, 5) is 23.3. The van der Waals surface area contributed by atoms with Crippen LogP contribution in [0, 0.1) is 10.1 Å². The largest absolute Gasteiger partial charge is 0.324 e. The molecule has 0 aliphatic rings. The maximum Gasteiger partial charge on any atom is 0.271 e. The highest BCUT2D eigenvalue weighted by atomic mass is 16.6. The normalized spacial score (nSPS) is 10.4. The number of hydrogen-bond donors (Lipinski definition) is 1. The molecule has 3 aromatic rings. The van der Waals surface area contributed by atoms with Gasteiger partial charge in [0.1, 0.15) is 0 Å². The van der Waals surface area contributed by atoms with Crippen LogP contribution in [0.3, 0.4) is 0 Å². The first kappa shape index (κ1) is 15.5. The molecule has 7 heteroatoms. The topological polar surface area (TPSA) is 93.8 Å². The lowest BCUT2D eigenvalue weighted by Crippen LogP contribution is -2.01. The Hall–Kier alpha value is -3.35. The third kappa shape index (κ3) is 3.35. The van der Waals surface area contributed by atoms with Gasteiger partial charge in [-0.1, -0.05) is 13.0 Å². The first-order valence-electron chi connectivity index (χ1n) is 7.45. The molecule has 2 aromatic heterocycles. The lowest BCUT2D eigenvalue weighted by molar-refractivity contribution is -0.384. The number of pyridine rings is 1. The minimum atomic E-state index is -0.419. The van der Waals surface area contributed by atoms with Crippen LogP contribution < -0.4 is 5.32 Å². The second-order valence-corrected chi connectivity index (χ2v) is 5.08. The molecule has 0 aliphatic heterocycles. The van der Waals surface area contributed by atoms with Crippen LogP contribution in [0.4, 0.5) is 17.3 Å². The Balaban J connectivity index is 1.94. The molecule has 3 rings (SSSR count). The van der Waals surface area contributed by atoms with Crippen molar-refractivity contribution in [3.8, 4) is 11.3 Å². The molecule has 1 aromatic carbocycles. The molecule has 0 saturated carbocycles. The van der Waals surface area contributed by atoms with E-state index in [9.17, 15) is 10.1 Å². The minimum absolute atomic E-state index is 0.0260. The smallest absolute Gasteiger partial charge is 0.271 e. The Labute approximate surface area is 138 Å². The summed E-state index contributed by atoms with van der Waals surface area (Å²) < 4.78 is 0. The molecule has 120 valence electrons. The van der Waals surface area contributed by atoms with Gasteiger partial charge in [-0.05, 0) is 30.2 Å². The van der Waals surface area contributed by atoms with Crippen LogP contribution in [-0.2, 0) is 6.42 Å². The molecule has 2 heterocycles. The molecule has 1 N–H and O–H groups in total. The summed E-state index contributed by atoms with van der Waals surface area (Å²) in [5.74, 6) is 0.381. The standard InChI is InChI=1S/C17H15N5O2/c1-2-12-5-6-14(22(23)24)10-16(12)21-17-19-9-7-15(20-17)13-4-3-8-18-11-13/h3-11H,2H2,1H3,(H,19,20,21). The summed E-state index contributed by atoms with van der Waals surface area (Å²) in [7, 11) is 0. The second-order valence-electron chi connectivity index (χ2n) is 5.08. The van der Waals surface area contributed by atoms with Crippen molar-refractivity contribution >= 4 is 17.3 Å². The van der Waals surface area contributed by atoms with Crippen molar-refractivity contribution in [3.05, 3.63) is 70.7 Å². The van der Waals surface area contributed by atoms with Crippen LogP contribution in [0.1, 0.15) is 12.5 Å². The van der Waals surface area contributed by atoms with Crippen molar-refractivity contribution in [1.82, 2.24) is 15.0 Å². The van der Waals surface area contributed by atoms with Crippen molar-refractivity contribution in [2.24, 2.45) is 0 Å². The Morgan fingerprint density at radius 1 is 1.21 bits per heavy atom. The van der Waals surface area contributed by atoms with Crippen molar-refractivity contribution in [2.75, 3.05) is 5.32 Å². The maximum atomic E-state index is 11.0. The van der Waals surface area contributed by atoms with E-state index < -0.39 is 4.92 Å². The fourth-order valence-electron chi connectivity index (χ4n) is 2.32. The lowest BCUT2D eigenvalue weighted by atomic mass is 10.1. The summed E-state index contributed by atoms with van der Waals surface area (Å²) >= 11 is 0. The van der Waals surface area contributed by atoms with E-state index in [4.69, 9.17) is 0 Å². The minimum Gasteiger partial charge on any atom is -0.324 e. The molecule has 24 heavy (non-hydrogen) atoms. The molecule has 0 spiro atoms. The number of nitrogens with one attached hydrogen (secondary N) is 1. The van der Waals surface area contributed by atoms with Crippen LogP contribution in [-0.4, -0.2) is 19.9 Å². The fraction of sp³-hybridized carbons (Fsp3) is 0.118. The van der Waals surface area contributed by atoms with Crippen LogP contribution in [0.25, 0.3) is 11.3 Å². The maximum absolute atomic E-state index is 11.0. The molecular weight excluding hydrogens is 306 g/mol. The van der Waals surface area contributed by atoms with E-state index in [0.29, 0.717) is 11.6 Å². The van der Waals surface area contributed by atoms with Gasteiger partial charge in [-0.2, -0.15) is 0 Å².